The van der Waals surface area contributed by atoms with Crippen molar-refractivity contribution in [1.82, 2.24) is 5.32 Å². The van der Waals surface area contributed by atoms with Crippen molar-refractivity contribution in [2.75, 3.05) is 13.7 Å². The Morgan fingerprint density at radius 1 is 1.00 bits per heavy atom. The highest BCUT2D eigenvalue weighted by Crippen LogP contribution is 2.46. The van der Waals surface area contributed by atoms with Gasteiger partial charge >= 0.3 is 29.8 Å². The van der Waals surface area contributed by atoms with Crippen molar-refractivity contribution in [2.24, 2.45) is 0 Å². The summed E-state index contributed by atoms with van der Waals surface area (Å²) in [6, 6.07) is 3.76. The number of nitro benzene ring substituents is 1. The van der Waals surface area contributed by atoms with Crippen molar-refractivity contribution < 1.29 is 62.1 Å². The number of hydrogen-bond donors (Lipinski definition) is 1. The molecule has 16 nitrogen and oxygen atoms in total. The number of amides is 1. The average molecular weight is 629 g/mol. The number of benzene rings is 1. The largest absolute Gasteiger partial charge is 0.466 e. The van der Waals surface area contributed by atoms with Crippen LogP contribution in [-0.4, -0.2) is 89.8 Å². The lowest BCUT2D eigenvalue weighted by atomic mass is 9.89. The molecule has 1 fully saturated rings. The van der Waals surface area contributed by atoms with Crippen LogP contribution in [0.2, 0.25) is 0 Å². The van der Waals surface area contributed by atoms with Gasteiger partial charge in [-0.15, -0.1) is 0 Å². The van der Waals surface area contributed by atoms with Gasteiger partial charge < -0.3 is 33.7 Å². The Bertz CT molecular complexity index is 1240. The van der Waals surface area contributed by atoms with Crippen LogP contribution < -0.4 is 5.32 Å². The SMILES string of the molecule is COC(=O)[C@@]1(Sc2ccc([N+](=O)[O-])cc2)C[C@H](OC(C)=O)[C@@H](NC(C)=O)[C@H]([C@H](OC(C)=O)[C@@H](COC(C)=O)OC(C)=O)O1. The van der Waals surface area contributed by atoms with Gasteiger partial charge in [-0.05, 0) is 12.1 Å². The van der Waals surface area contributed by atoms with E-state index < -0.39 is 89.1 Å². The second-order valence-electron chi connectivity index (χ2n) is 9.28. The summed E-state index contributed by atoms with van der Waals surface area (Å²) in [6.07, 6.45) is -6.53. The van der Waals surface area contributed by atoms with Crippen LogP contribution in [0.4, 0.5) is 5.69 Å². The van der Waals surface area contributed by atoms with Crippen molar-refractivity contribution in [3.05, 3.63) is 34.4 Å². The summed E-state index contributed by atoms with van der Waals surface area (Å²) in [6.45, 7) is 4.77. The third-order valence-corrected chi connectivity index (χ3v) is 7.09. The number of nitro groups is 1. The van der Waals surface area contributed by atoms with Crippen molar-refractivity contribution in [3.8, 4) is 0 Å². The van der Waals surface area contributed by atoms with Crippen LogP contribution in [0.25, 0.3) is 0 Å². The van der Waals surface area contributed by atoms with E-state index in [1.807, 2.05) is 0 Å². The number of methoxy groups -OCH3 is 1. The molecule has 0 spiro atoms. The minimum Gasteiger partial charge on any atom is -0.466 e. The Hall–Kier alpha value is -4.25. The van der Waals surface area contributed by atoms with E-state index in [2.05, 4.69) is 5.32 Å². The maximum absolute atomic E-state index is 13.4. The van der Waals surface area contributed by atoms with Gasteiger partial charge in [0.25, 0.3) is 5.69 Å². The Balaban J connectivity index is 2.78. The Morgan fingerprint density at radius 2 is 1.60 bits per heavy atom. The van der Waals surface area contributed by atoms with E-state index in [0.29, 0.717) is 0 Å². The van der Waals surface area contributed by atoms with Crippen LogP contribution >= 0.6 is 11.8 Å². The first-order valence-electron chi connectivity index (χ1n) is 12.7. The van der Waals surface area contributed by atoms with E-state index >= 15 is 0 Å². The lowest BCUT2D eigenvalue weighted by Gasteiger charge is -2.48. The van der Waals surface area contributed by atoms with Crippen LogP contribution in [0.3, 0.4) is 0 Å². The van der Waals surface area contributed by atoms with Gasteiger partial charge in [0.2, 0.25) is 10.8 Å². The van der Waals surface area contributed by atoms with E-state index in [1.165, 1.54) is 24.3 Å². The number of ether oxygens (including phenoxy) is 6. The van der Waals surface area contributed by atoms with E-state index in [-0.39, 0.29) is 10.6 Å². The molecule has 1 saturated heterocycles. The number of non-ortho nitro benzene ring substituents is 1. The van der Waals surface area contributed by atoms with Crippen LogP contribution in [0.1, 0.15) is 41.0 Å². The van der Waals surface area contributed by atoms with Gasteiger partial charge in [-0.2, -0.15) is 0 Å². The highest BCUT2D eigenvalue weighted by Gasteiger charge is 2.58. The minimum atomic E-state index is -2.08. The molecule has 1 heterocycles. The van der Waals surface area contributed by atoms with E-state index in [0.717, 1.165) is 53.5 Å². The van der Waals surface area contributed by atoms with Crippen molar-refractivity contribution >= 4 is 53.2 Å². The molecule has 0 aromatic heterocycles. The molecule has 17 heteroatoms. The Morgan fingerprint density at radius 3 is 2.07 bits per heavy atom. The maximum atomic E-state index is 13.4. The van der Waals surface area contributed by atoms with Crippen LogP contribution in [-0.2, 0) is 57.2 Å². The average Bonchev–Trinajstić information content (AvgIpc) is 2.90. The van der Waals surface area contributed by atoms with E-state index in [1.54, 1.807) is 0 Å². The normalized spacial score (nSPS) is 22.6. The van der Waals surface area contributed by atoms with Gasteiger partial charge in [-0.25, -0.2) is 4.79 Å². The van der Waals surface area contributed by atoms with Gasteiger partial charge in [-0.1, -0.05) is 11.8 Å². The molecule has 0 radical (unpaired) electrons. The predicted octanol–water partition coefficient (Wildman–Crippen LogP) is 1.21. The summed E-state index contributed by atoms with van der Waals surface area (Å²) in [7, 11) is 1.06. The number of nitrogens with one attached hydrogen (secondary N) is 1. The smallest absolute Gasteiger partial charge is 0.349 e. The number of hydrogen-bond acceptors (Lipinski definition) is 15. The monoisotopic (exact) mass is 628 g/mol. The molecule has 1 N–H and O–H groups in total. The number of thioether (sulfide) groups is 1. The zero-order valence-corrected chi connectivity index (χ0v) is 25.0. The summed E-state index contributed by atoms with van der Waals surface area (Å²) >= 11 is 0.744. The summed E-state index contributed by atoms with van der Waals surface area (Å²) in [5.41, 5.74) is -0.230. The molecule has 0 bridgehead atoms. The first-order chi connectivity index (χ1) is 20.1. The number of nitrogens with zero attached hydrogens (tertiary/aromatic N) is 1. The summed E-state index contributed by atoms with van der Waals surface area (Å²) in [5, 5.41) is 13.7. The van der Waals surface area contributed by atoms with Gasteiger partial charge in [-0.3, -0.25) is 34.1 Å². The standard InChI is InChI=1S/C26H32N2O14S/c1-13(29)27-22-20(39-15(3)31)11-26(25(34)37-6,43-19-9-7-18(8-10-19)28(35)36)42-24(22)23(41-17(5)33)21(40-16(4)32)12-38-14(2)30/h7-10,20-24H,11-12H2,1-6H3,(H,27,29)/t20-,21+,22+,23+,24+,26-/m0/s1. The summed E-state index contributed by atoms with van der Waals surface area (Å²) in [5.74, 6) is -4.97. The maximum Gasteiger partial charge on any atom is 0.349 e. The van der Waals surface area contributed by atoms with Crippen molar-refractivity contribution in [2.45, 2.75) is 81.3 Å². The molecular weight excluding hydrogens is 596 g/mol. The minimum absolute atomic E-state index is 0.230. The summed E-state index contributed by atoms with van der Waals surface area (Å²) in [4.78, 5) is 82.6. The molecular formula is C26H32N2O14S. The molecule has 236 valence electrons. The zero-order valence-electron chi connectivity index (χ0n) is 24.2. The fraction of sp³-hybridized carbons (Fsp3) is 0.538. The molecule has 43 heavy (non-hydrogen) atoms. The number of carbonyl (C=O) groups excluding carboxylic acids is 6. The molecule has 1 aromatic carbocycles. The van der Waals surface area contributed by atoms with Crippen molar-refractivity contribution in [1.29, 1.82) is 0 Å². The van der Waals surface area contributed by atoms with Crippen LogP contribution in [0, 0.1) is 10.1 Å². The van der Waals surface area contributed by atoms with E-state index in [4.69, 9.17) is 28.4 Å². The lowest BCUT2D eigenvalue weighted by molar-refractivity contribution is -0.384. The zero-order chi connectivity index (χ0) is 32.5. The predicted molar refractivity (Wildman–Crippen MR) is 144 cm³/mol. The first kappa shape index (κ1) is 34.9. The van der Waals surface area contributed by atoms with Crippen LogP contribution in [0.15, 0.2) is 29.2 Å². The molecule has 0 unspecified atom stereocenters. The summed E-state index contributed by atoms with van der Waals surface area (Å²) < 4.78 is 32.7. The Kier molecular flexibility index (Phi) is 12.4. The van der Waals surface area contributed by atoms with Gasteiger partial charge in [0.1, 0.15) is 18.8 Å². The molecule has 0 saturated carbocycles. The van der Waals surface area contributed by atoms with Crippen LogP contribution in [0.5, 0.6) is 0 Å². The van der Waals surface area contributed by atoms with E-state index in [9.17, 15) is 38.9 Å². The number of carbonyl (C=O) groups is 6. The number of rotatable bonds is 12. The topological polar surface area (TPSA) is 213 Å². The quantitative estimate of drug-likeness (QED) is 0.149. The molecule has 6 atom stereocenters. The molecule has 1 aliphatic rings. The fourth-order valence-corrected chi connectivity index (χ4v) is 5.56. The van der Waals surface area contributed by atoms with Gasteiger partial charge in [0.05, 0.1) is 18.1 Å². The highest BCUT2D eigenvalue weighted by molar-refractivity contribution is 8.01. The second kappa shape index (κ2) is 15.3. The lowest BCUT2D eigenvalue weighted by Crippen LogP contribution is -2.68. The molecule has 1 amide bonds. The third kappa shape index (κ3) is 9.92. The highest BCUT2D eigenvalue weighted by atomic mass is 32.2. The molecule has 1 aromatic rings. The molecule has 2 rings (SSSR count). The fourth-order valence-electron chi connectivity index (χ4n) is 4.33. The number of esters is 5. The van der Waals surface area contributed by atoms with Gasteiger partial charge in [0, 0.05) is 58.1 Å². The Labute approximate surface area is 250 Å². The third-order valence-electron chi connectivity index (χ3n) is 5.83. The van der Waals surface area contributed by atoms with Gasteiger partial charge in [0.15, 0.2) is 12.2 Å². The molecule has 1 aliphatic heterocycles. The molecule has 0 aliphatic carbocycles. The second-order valence-corrected chi connectivity index (χ2v) is 10.6. The first-order valence-corrected chi connectivity index (χ1v) is 13.5. The van der Waals surface area contributed by atoms with Crippen molar-refractivity contribution in [3.63, 3.8) is 0 Å².